The Kier molecular flexibility index (Phi) is 7.31. The molecule has 2 heterocycles. The molecule has 0 aromatic heterocycles. The number of carbonyl (C=O) groups excluding carboxylic acids is 2. The monoisotopic (exact) mass is 387 g/mol. The standard InChI is InChI=1S/C22H33N3O3/c1-17(21(26)23-16-19-8-4-5-9-20(19)28-2)24-14-10-18(11-15-24)22(27)25-12-6-3-7-13-25/h4-5,8-9,17-18H,3,6-7,10-16H2,1-2H3,(H,23,26). The third-order valence-electron chi connectivity index (χ3n) is 6.12. The summed E-state index contributed by atoms with van der Waals surface area (Å²) in [6.07, 6.45) is 5.20. The predicted molar refractivity (Wildman–Crippen MR) is 109 cm³/mol. The molecule has 0 bridgehead atoms. The van der Waals surface area contributed by atoms with Gasteiger partial charge in [-0.05, 0) is 58.2 Å². The Morgan fingerprint density at radius 3 is 2.46 bits per heavy atom. The Bertz CT molecular complexity index is 665. The Labute approximate surface area is 168 Å². The van der Waals surface area contributed by atoms with Crippen molar-refractivity contribution in [3.8, 4) is 5.75 Å². The number of hydrogen-bond acceptors (Lipinski definition) is 4. The minimum Gasteiger partial charge on any atom is -0.496 e. The summed E-state index contributed by atoms with van der Waals surface area (Å²) in [5, 5.41) is 3.02. The summed E-state index contributed by atoms with van der Waals surface area (Å²) in [7, 11) is 1.64. The van der Waals surface area contributed by atoms with E-state index in [0.717, 1.165) is 63.2 Å². The Hall–Kier alpha value is -2.08. The number of nitrogens with one attached hydrogen (secondary N) is 1. The molecule has 2 saturated heterocycles. The van der Waals surface area contributed by atoms with Gasteiger partial charge in [0.25, 0.3) is 0 Å². The maximum atomic E-state index is 12.7. The first-order valence-electron chi connectivity index (χ1n) is 10.5. The zero-order chi connectivity index (χ0) is 19.9. The third-order valence-corrected chi connectivity index (χ3v) is 6.12. The first kappa shape index (κ1) is 20.6. The Balaban J connectivity index is 1.45. The van der Waals surface area contributed by atoms with Crippen LogP contribution in [0.25, 0.3) is 0 Å². The molecule has 3 rings (SSSR count). The molecule has 6 nitrogen and oxygen atoms in total. The number of ether oxygens (including phenoxy) is 1. The third kappa shape index (κ3) is 5.04. The lowest BCUT2D eigenvalue weighted by Crippen LogP contribution is -2.50. The number of rotatable bonds is 6. The van der Waals surface area contributed by atoms with E-state index in [1.54, 1.807) is 7.11 Å². The van der Waals surface area contributed by atoms with Gasteiger partial charge >= 0.3 is 0 Å². The van der Waals surface area contributed by atoms with Gasteiger partial charge in [-0.2, -0.15) is 0 Å². The van der Waals surface area contributed by atoms with Crippen LogP contribution in [0.15, 0.2) is 24.3 Å². The summed E-state index contributed by atoms with van der Waals surface area (Å²) >= 11 is 0. The van der Waals surface area contributed by atoms with Crippen LogP contribution in [-0.4, -0.2) is 60.9 Å². The van der Waals surface area contributed by atoms with Crippen molar-refractivity contribution < 1.29 is 14.3 Å². The number of carbonyl (C=O) groups is 2. The van der Waals surface area contributed by atoms with Gasteiger partial charge in [0, 0.05) is 31.1 Å². The van der Waals surface area contributed by atoms with Crippen molar-refractivity contribution in [2.24, 2.45) is 5.92 Å². The first-order chi connectivity index (χ1) is 13.6. The lowest BCUT2D eigenvalue weighted by Gasteiger charge is -2.37. The molecule has 2 fully saturated rings. The van der Waals surface area contributed by atoms with E-state index in [1.165, 1.54) is 6.42 Å². The van der Waals surface area contributed by atoms with Gasteiger partial charge < -0.3 is 15.0 Å². The number of para-hydroxylation sites is 1. The van der Waals surface area contributed by atoms with Crippen LogP contribution in [0.2, 0.25) is 0 Å². The van der Waals surface area contributed by atoms with Gasteiger partial charge in [-0.25, -0.2) is 0 Å². The summed E-state index contributed by atoms with van der Waals surface area (Å²) in [4.78, 5) is 29.5. The van der Waals surface area contributed by atoms with Gasteiger partial charge in [-0.15, -0.1) is 0 Å². The normalized spacial score (nSPS) is 19.9. The van der Waals surface area contributed by atoms with E-state index in [1.807, 2.05) is 36.1 Å². The van der Waals surface area contributed by atoms with Gasteiger partial charge in [0.1, 0.15) is 5.75 Å². The molecule has 154 valence electrons. The average molecular weight is 388 g/mol. The summed E-state index contributed by atoms with van der Waals surface area (Å²) < 4.78 is 5.34. The van der Waals surface area contributed by atoms with Gasteiger partial charge in [0.2, 0.25) is 11.8 Å². The molecule has 2 aliphatic rings. The van der Waals surface area contributed by atoms with Crippen LogP contribution in [0.1, 0.15) is 44.6 Å². The number of hydrogen-bond donors (Lipinski definition) is 1. The number of likely N-dealkylation sites (tertiary alicyclic amines) is 2. The van der Waals surface area contributed by atoms with Crippen molar-refractivity contribution in [1.82, 2.24) is 15.1 Å². The molecule has 2 amide bonds. The maximum absolute atomic E-state index is 12.7. The molecular weight excluding hydrogens is 354 g/mol. The van der Waals surface area contributed by atoms with Crippen LogP contribution in [0.5, 0.6) is 5.75 Å². The lowest BCUT2D eigenvalue weighted by molar-refractivity contribution is -0.138. The summed E-state index contributed by atoms with van der Waals surface area (Å²) in [6.45, 7) is 5.84. The summed E-state index contributed by atoms with van der Waals surface area (Å²) in [5.74, 6) is 1.25. The molecule has 0 spiro atoms. The fourth-order valence-electron chi connectivity index (χ4n) is 4.25. The molecule has 0 aliphatic carbocycles. The van der Waals surface area contributed by atoms with Crippen molar-refractivity contribution in [3.63, 3.8) is 0 Å². The highest BCUT2D eigenvalue weighted by molar-refractivity contribution is 5.81. The minimum atomic E-state index is -0.194. The maximum Gasteiger partial charge on any atom is 0.237 e. The molecule has 1 unspecified atom stereocenters. The quantitative estimate of drug-likeness (QED) is 0.814. The lowest BCUT2D eigenvalue weighted by atomic mass is 9.93. The van der Waals surface area contributed by atoms with E-state index in [-0.39, 0.29) is 17.9 Å². The van der Waals surface area contributed by atoms with Crippen molar-refractivity contribution in [2.45, 2.75) is 51.6 Å². The van der Waals surface area contributed by atoms with Crippen LogP contribution < -0.4 is 10.1 Å². The van der Waals surface area contributed by atoms with E-state index in [0.29, 0.717) is 12.5 Å². The second-order valence-electron chi connectivity index (χ2n) is 7.90. The smallest absolute Gasteiger partial charge is 0.237 e. The molecule has 0 saturated carbocycles. The van der Waals surface area contributed by atoms with Gasteiger partial charge in [-0.3, -0.25) is 14.5 Å². The van der Waals surface area contributed by atoms with E-state index in [4.69, 9.17) is 4.74 Å². The van der Waals surface area contributed by atoms with E-state index < -0.39 is 0 Å². The largest absolute Gasteiger partial charge is 0.496 e. The fourth-order valence-corrected chi connectivity index (χ4v) is 4.25. The molecule has 28 heavy (non-hydrogen) atoms. The van der Waals surface area contributed by atoms with Gasteiger partial charge in [0.05, 0.1) is 13.2 Å². The molecule has 0 radical (unpaired) electrons. The first-order valence-corrected chi connectivity index (χ1v) is 10.5. The van der Waals surface area contributed by atoms with Crippen LogP contribution in [0, 0.1) is 5.92 Å². The van der Waals surface area contributed by atoms with Crippen molar-refractivity contribution in [2.75, 3.05) is 33.3 Å². The molecule has 2 aliphatic heterocycles. The van der Waals surface area contributed by atoms with E-state index in [2.05, 4.69) is 10.2 Å². The number of amides is 2. The molecular formula is C22H33N3O3. The Morgan fingerprint density at radius 2 is 1.79 bits per heavy atom. The van der Waals surface area contributed by atoms with E-state index >= 15 is 0 Å². The molecule has 1 aromatic carbocycles. The van der Waals surface area contributed by atoms with Gasteiger partial charge in [-0.1, -0.05) is 18.2 Å². The van der Waals surface area contributed by atoms with Crippen LogP contribution in [-0.2, 0) is 16.1 Å². The molecule has 1 atom stereocenters. The summed E-state index contributed by atoms with van der Waals surface area (Å²) in [6, 6.07) is 7.52. The molecule has 1 aromatic rings. The van der Waals surface area contributed by atoms with Crippen LogP contribution >= 0.6 is 0 Å². The van der Waals surface area contributed by atoms with Crippen molar-refractivity contribution >= 4 is 11.8 Å². The SMILES string of the molecule is COc1ccccc1CNC(=O)C(C)N1CCC(C(=O)N2CCCCC2)CC1. The number of methoxy groups -OCH3 is 1. The highest BCUT2D eigenvalue weighted by Crippen LogP contribution is 2.23. The highest BCUT2D eigenvalue weighted by atomic mass is 16.5. The predicted octanol–water partition coefficient (Wildman–Crippen LogP) is 2.42. The van der Waals surface area contributed by atoms with Crippen LogP contribution in [0.3, 0.4) is 0 Å². The van der Waals surface area contributed by atoms with Crippen molar-refractivity contribution in [3.05, 3.63) is 29.8 Å². The zero-order valence-electron chi connectivity index (χ0n) is 17.2. The number of benzene rings is 1. The highest BCUT2D eigenvalue weighted by Gasteiger charge is 2.32. The van der Waals surface area contributed by atoms with Crippen molar-refractivity contribution in [1.29, 1.82) is 0 Å². The average Bonchev–Trinajstić information content (AvgIpc) is 2.77. The minimum absolute atomic E-state index is 0.0201. The second-order valence-corrected chi connectivity index (χ2v) is 7.90. The van der Waals surface area contributed by atoms with Gasteiger partial charge in [0.15, 0.2) is 0 Å². The Morgan fingerprint density at radius 1 is 1.11 bits per heavy atom. The molecule has 1 N–H and O–H groups in total. The van der Waals surface area contributed by atoms with E-state index in [9.17, 15) is 9.59 Å². The zero-order valence-corrected chi connectivity index (χ0v) is 17.2. The number of piperidine rings is 2. The molecule has 6 heteroatoms. The fraction of sp³-hybridized carbons (Fsp3) is 0.636. The number of nitrogens with zero attached hydrogens (tertiary/aromatic N) is 2. The second kappa shape index (κ2) is 9.92. The summed E-state index contributed by atoms with van der Waals surface area (Å²) in [5.41, 5.74) is 0.969. The topological polar surface area (TPSA) is 61.9 Å². The van der Waals surface area contributed by atoms with Crippen LogP contribution in [0.4, 0.5) is 0 Å².